The topological polar surface area (TPSA) is 74.3 Å². The number of nitrogens with one attached hydrogen (secondary N) is 1. The molecule has 0 aliphatic heterocycles. The van der Waals surface area contributed by atoms with Gasteiger partial charge in [-0.05, 0) is 78.3 Å². The van der Waals surface area contributed by atoms with Crippen molar-refractivity contribution >= 4 is 55.3 Å². The maximum atomic E-state index is 12.3. The first kappa shape index (κ1) is 32.5. The Labute approximate surface area is 275 Å². The van der Waals surface area contributed by atoms with Crippen molar-refractivity contribution in [1.82, 2.24) is 4.98 Å². The Morgan fingerprint density at radius 1 is 0.826 bits per heavy atom. The lowest BCUT2D eigenvalue weighted by molar-refractivity contribution is -0.114. The van der Waals surface area contributed by atoms with E-state index in [0.717, 1.165) is 28.7 Å². The first-order chi connectivity index (χ1) is 22.4. The van der Waals surface area contributed by atoms with Crippen molar-refractivity contribution in [2.24, 2.45) is 10.2 Å². The van der Waals surface area contributed by atoms with Gasteiger partial charge in [0, 0.05) is 30.4 Å². The van der Waals surface area contributed by atoms with Crippen molar-refractivity contribution in [2.75, 3.05) is 10.2 Å². The van der Waals surface area contributed by atoms with Gasteiger partial charge in [0.2, 0.25) is 11.0 Å². The molecular formula is C38H40N6OS. The number of aromatic nitrogens is 1. The molecule has 0 atom stereocenters. The molecule has 0 saturated heterocycles. The lowest BCUT2D eigenvalue weighted by Crippen LogP contribution is -2.22. The maximum Gasteiger partial charge on any atom is 0.231 e. The highest BCUT2D eigenvalue weighted by Gasteiger charge is 2.14. The Bertz CT molecular complexity index is 1780. The van der Waals surface area contributed by atoms with Crippen molar-refractivity contribution in [2.45, 2.75) is 72.4 Å². The summed E-state index contributed by atoms with van der Waals surface area (Å²) in [5.74, 6) is -0.183. The number of fused-ring (bicyclic) bond motifs is 1. The van der Waals surface area contributed by atoms with E-state index in [9.17, 15) is 4.79 Å². The van der Waals surface area contributed by atoms with Gasteiger partial charge < -0.3 is 10.2 Å². The van der Waals surface area contributed by atoms with Crippen LogP contribution < -0.4 is 10.2 Å². The van der Waals surface area contributed by atoms with Crippen LogP contribution in [0.3, 0.4) is 0 Å². The molecule has 0 aliphatic carbocycles. The normalized spacial score (nSPS) is 11.2. The fraction of sp³-hybridized carbons (Fsp3) is 0.289. The molecule has 0 fully saturated rings. The average Bonchev–Trinajstić information content (AvgIpc) is 3.48. The summed E-state index contributed by atoms with van der Waals surface area (Å²) in [5.41, 5.74) is 8.61. The lowest BCUT2D eigenvalue weighted by atomic mass is 10.0. The number of azo groups is 1. The second-order valence-electron chi connectivity index (χ2n) is 11.5. The second kappa shape index (κ2) is 15.9. The Balaban J connectivity index is 1.44. The molecule has 0 bridgehead atoms. The summed E-state index contributed by atoms with van der Waals surface area (Å²) in [7, 11) is 0. The van der Waals surface area contributed by atoms with Crippen molar-refractivity contribution in [1.29, 1.82) is 0 Å². The van der Waals surface area contributed by atoms with Crippen molar-refractivity contribution < 1.29 is 4.79 Å². The second-order valence-corrected chi connectivity index (χ2v) is 12.5. The van der Waals surface area contributed by atoms with Gasteiger partial charge in [0.25, 0.3) is 0 Å². The third kappa shape index (κ3) is 8.86. The molecular weight excluding hydrogens is 589 g/mol. The van der Waals surface area contributed by atoms with Gasteiger partial charge in [-0.25, -0.2) is 9.83 Å². The van der Waals surface area contributed by atoms with E-state index in [4.69, 9.17) is 6.57 Å². The molecule has 0 spiro atoms. The number of hydrogen-bond donors (Lipinski definition) is 1. The van der Waals surface area contributed by atoms with E-state index in [-0.39, 0.29) is 5.91 Å². The molecule has 46 heavy (non-hydrogen) atoms. The molecule has 4 aromatic carbocycles. The number of anilines is 2. The molecule has 5 aromatic rings. The van der Waals surface area contributed by atoms with Crippen molar-refractivity contribution in [3.05, 3.63) is 119 Å². The SMILES string of the molecule is [C-]#[N+]c1ccc2nc(N=Nc3ccc(N(Cc4ccc(CCCC)cc4)Cc4ccc(CCCC)cc4)cc3NC(C)=O)sc2c1. The van der Waals surface area contributed by atoms with Gasteiger partial charge in [0.1, 0.15) is 5.69 Å². The number of aryl methyl sites for hydroxylation is 2. The van der Waals surface area contributed by atoms with Gasteiger partial charge in [0.15, 0.2) is 5.69 Å². The molecule has 5 rings (SSSR count). The minimum absolute atomic E-state index is 0.183. The zero-order chi connectivity index (χ0) is 32.3. The number of carbonyl (C=O) groups excluding carboxylic acids is 1. The molecule has 0 radical (unpaired) electrons. The van der Waals surface area contributed by atoms with Crippen molar-refractivity contribution in [3.8, 4) is 0 Å². The van der Waals surface area contributed by atoms with Gasteiger partial charge in [-0.15, -0.1) is 10.2 Å². The van der Waals surface area contributed by atoms with Gasteiger partial charge in [-0.3, -0.25) is 4.79 Å². The Morgan fingerprint density at radius 2 is 1.43 bits per heavy atom. The van der Waals surface area contributed by atoms with E-state index in [1.54, 1.807) is 6.07 Å². The van der Waals surface area contributed by atoms with Gasteiger partial charge in [-0.1, -0.05) is 92.6 Å². The first-order valence-corrected chi connectivity index (χ1v) is 16.8. The summed E-state index contributed by atoms with van der Waals surface area (Å²) in [6.07, 6.45) is 6.95. The summed E-state index contributed by atoms with van der Waals surface area (Å²) in [5, 5.41) is 12.3. The number of nitrogens with zero attached hydrogens (tertiary/aromatic N) is 5. The highest BCUT2D eigenvalue weighted by Crippen LogP contribution is 2.35. The van der Waals surface area contributed by atoms with Crippen LogP contribution in [-0.4, -0.2) is 10.9 Å². The summed E-state index contributed by atoms with van der Waals surface area (Å²) in [6.45, 7) is 14.6. The zero-order valence-corrected chi connectivity index (χ0v) is 27.6. The van der Waals surface area contributed by atoms with Crippen LogP contribution in [0, 0.1) is 6.57 Å². The quantitative estimate of drug-likeness (QED) is 0.0982. The van der Waals surface area contributed by atoms with Crippen LogP contribution in [0.2, 0.25) is 0 Å². The monoisotopic (exact) mass is 628 g/mol. The number of amides is 1. The summed E-state index contributed by atoms with van der Waals surface area (Å²) >= 11 is 1.38. The average molecular weight is 629 g/mol. The molecule has 0 unspecified atom stereocenters. The summed E-state index contributed by atoms with van der Waals surface area (Å²) in [6, 6.07) is 29.1. The molecule has 0 saturated carbocycles. The molecule has 8 heteroatoms. The van der Waals surface area contributed by atoms with Crippen molar-refractivity contribution in [3.63, 3.8) is 0 Å². The highest BCUT2D eigenvalue weighted by atomic mass is 32.1. The Morgan fingerprint density at radius 3 is 2.00 bits per heavy atom. The van der Waals surface area contributed by atoms with E-state index in [1.807, 2.05) is 30.3 Å². The third-order valence-corrected chi connectivity index (χ3v) is 8.72. The van der Waals surface area contributed by atoms with Crippen LogP contribution in [0.4, 0.5) is 27.9 Å². The van der Waals surface area contributed by atoms with Gasteiger partial charge >= 0.3 is 0 Å². The largest absolute Gasteiger partial charge is 0.363 e. The number of benzene rings is 4. The molecule has 7 nitrogen and oxygen atoms in total. The first-order valence-electron chi connectivity index (χ1n) is 16.0. The van der Waals surface area contributed by atoms with E-state index in [0.29, 0.717) is 35.3 Å². The zero-order valence-electron chi connectivity index (χ0n) is 26.8. The fourth-order valence-electron chi connectivity index (χ4n) is 5.27. The lowest BCUT2D eigenvalue weighted by Gasteiger charge is -2.26. The van der Waals surface area contributed by atoms with E-state index >= 15 is 0 Å². The standard InChI is InChI=1S/C38H40N6OS/c1-5-7-9-28-11-15-30(16-12-28)25-44(26-31-17-13-29(14-18-31)10-8-6-2)33-20-22-34(36(24-33)40-27(3)45)42-43-38-41-35-21-19-32(39-4)23-37(35)46-38/h11-24H,5-10,25-26H2,1-3H3,(H,40,45). The van der Waals surface area contributed by atoms with Gasteiger partial charge in [0.05, 0.1) is 17.8 Å². The molecule has 0 aliphatic rings. The van der Waals surface area contributed by atoms with Crippen LogP contribution in [0.15, 0.2) is 95.2 Å². The molecule has 234 valence electrons. The van der Waals surface area contributed by atoms with Crippen LogP contribution in [0.5, 0.6) is 0 Å². The molecule has 1 aromatic heterocycles. The minimum atomic E-state index is -0.183. The maximum absolute atomic E-state index is 12.3. The third-order valence-electron chi connectivity index (χ3n) is 7.82. The number of carbonyl (C=O) groups is 1. The Hall–Kier alpha value is -4.87. The molecule has 1 N–H and O–H groups in total. The van der Waals surface area contributed by atoms with E-state index in [2.05, 4.69) is 92.7 Å². The fourth-order valence-corrected chi connectivity index (χ4v) is 6.09. The van der Waals surface area contributed by atoms with Crippen LogP contribution in [0.25, 0.3) is 15.1 Å². The highest BCUT2D eigenvalue weighted by molar-refractivity contribution is 7.21. The number of rotatable bonds is 14. The summed E-state index contributed by atoms with van der Waals surface area (Å²) < 4.78 is 0.882. The van der Waals surface area contributed by atoms with Crippen LogP contribution in [-0.2, 0) is 30.7 Å². The number of thiazole rings is 1. The molecule has 1 heterocycles. The molecule has 1 amide bonds. The Kier molecular flexibility index (Phi) is 11.3. The van der Waals surface area contributed by atoms with Crippen LogP contribution >= 0.6 is 11.3 Å². The minimum Gasteiger partial charge on any atom is -0.363 e. The predicted octanol–water partition coefficient (Wildman–Crippen LogP) is 11.1. The van der Waals surface area contributed by atoms with Gasteiger partial charge in [-0.2, -0.15) is 0 Å². The number of hydrogen-bond acceptors (Lipinski definition) is 6. The van der Waals surface area contributed by atoms with E-state index in [1.165, 1.54) is 66.2 Å². The van der Waals surface area contributed by atoms with E-state index < -0.39 is 0 Å². The predicted molar refractivity (Wildman–Crippen MR) is 191 cm³/mol. The smallest absolute Gasteiger partial charge is 0.231 e. The number of unbranched alkanes of at least 4 members (excludes halogenated alkanes) is 2. The van der Waals surface area contributed by atoms with Crippen LogP contribution in [0.1, 0.15) is 68.7 Å². The summed E-state index contributed by atoms with van der Waals surface area (Å²) in [4.78, 5) is 22.6.